The van der Waals surface area contributed by atoms with Crippen molar-refractivity contribution in [2.75, 3.05) is 5.32 Å². The number of thiophene rings is 2. The van der Waals surface area contributed by atoms with Gasteiger partial charge in [-0.25, -0.2) is 4.98 Å². The summed E-state index contributed by atoms with van der Waals surface area (Å²) in [6, 6.07) is 14.0. The van der Waals surface area contributed by atoms with Crippen LogP contribution < -0.4 is 5.32 Å². The van der Waals surface area contributed by atoms with Crippen LogP contribution in [0.25, 0.3) is 16.2 Å². The minimum absolute atomic E-state index is 0.0705. The zero-order chi connectivity index (χ0) is 19.0. The first-order chi connectivity index (χ1) is 12.9. The van der Waals surface area contributed by atoms with Crippen LogP contribution in [0.2, 0.25) is 4.34 Å². The standard InChI is InChI=1S/C21H18ClN3S2/c1-21(2,3)24-20-19(23-18-6-4-5-13-25(18)20)16-11-9-14(26-16)7-8-15-10-12-17(22)27-15/h4-6,9-13,24H,1-3H3. The number of nitrogens with zero attached hydrogens (tertiary/aromatic N) is 2. The van der Waals surface area contributed by atoms with Crippen molar-refractivity contribution in [1.29, 1.82) is 0 Å². The second kappa shape index (κ2) is 7.05. The summed E-state index contributed by atoms with van der Waals surface area (Å²) in [5.41, 5.74) is 1.81. The second-order valence-electron chi connectivity index (χ2n) is 7.13. The van der Waals surface area contributed by atoms with Crippen LogP contribution in [-0.4, -0.2) is 14.9 Å². The number of halogens is 1. The van der Waals surface area contributed by atoms with Crippen molar-refractivity contribution in [2.24, 2.45) is 0 Å². The third kappa shape index (κ3) is 4.03. The molecule has 6 heteroatoms. The van der Waals surface area contributed by atoms with Gasteiger partial charge in [-0.3, -0.25) is 4.40 Å². The third-order valence-corrected chi connectivity index (χ3v) is 5.90. The highest BCUT2D eigenvalue weighted by Crippen LogP contribution is 2.35. The Hall–Kier alpha value is -2.26. The molecule has 27 heavy (non-hydrogen) atoms. The molecule has 0 bridgehead atoms. The number of nitrogens with one attached hydrogen (secondary N) is 1. The van der Waals surface area contributed by atoms with Gasteiger partial charge in [-0.1, -0.05) is 17.7 Å². The second-order valence-corrected chi connectivity index (χ2v) is 9.93. The van der Waals surface area contributed by atoms with Crippen LogP contribution in [0.3, 0.4) is 0 Å². The van der Waals surface area contributed by atoms with E-state index in [4.69, 9.17) is 16.6 Å². The number of imidazole rings is 1. The van der Waals surface area contributed by atoms with E-state index in [1.165, 1.54) is 11.3 Å². The highest BCUT2D eigenvalue weighted by atomic mass is 35.5. The van der Waals surface area contributed by atoms with Crippen LogP contribution in [0.15, 0.2) is 48.7 Å². The van der Waals surface area contributed by atoms with Gasteiger partial charge in [0, 0.05) is 11.7 Å². The Balaban J connectivity index is 1.74. The van der Waals surface area contributed by atoms with Crippen molar-refractivity contribution < 1.29 is 0 Å². The SMILES string of the molecule is CC(C)(C)Nc1c(-c2ccc(C#Cc3ccc(Cl)s3)s2)nc2ccccn12. The van der Waals surface area contributed by atoms with Gasteiger partial charge in [-0.2, -0.15) is 0 Å². The van der Waals surface area contributed by atoms with Gasteiger partial charge in [0.25, 0.3) is 0 Å². The molecule has 0 amide bonds. The maximum absolute atomic E-state index is 5.97. The molecule has 0 spiro atoms. The smallest absolute Gasteiger partial charge is 0.140 e. The molecule has 0 aliphatic rings. The molecule has 136 valence electrons. The molecule has 0 saturated carbocycles. The third-order valence-electron chi connectivity index (χ3n) is 3.74. The number of aromatic nitrogens is 2. The van der Waals surface area contributed by atoms with Gasteiger partial charge in [0.2, 0.25) is 0 Å². The van der Waals surface area contributed by atoms with E-state index in [-0.39, 0.29) is 5.54 Å². The summed E-state index contributed by atoms with van der Waals surface area (Å²) < 4.78 is 2.85. The molecule has 0 saturated heterocycles. The van der Waals surface area contributed by atoms with E-state index in [9.17, 15) is 0 Å². The summed E-state index contributed by atoms with van der Waals surface area (Å²) in [5, 5.41) is 3.60. The molecule has 4 aromatic heterocycles. The molecule has 0 aliphatic heterocycles. The Labute approximate surface area is 171 Å². The van der Waals surface area contributed by atoms with E-state index in [0.717, 1.165) is 36.1 Å². The zero-order valence-electron chi connectivity index (χ0n) is 15.2. The Morgan fingerprint density at radius 3 is 2.44 bits per heavy atom. The topological polar surface area (TPSA) is 29.3 Å². The van der Waals surface area contributed by atoms with Gasteiger partial charge in [-0.05, 0) is 69.0 Å². The quantitative estimate of drug-likeness (QED) is 0.387. The van der Waals surface area contributed by atoms with Crippen LogP contribution in [0.5, 0.6) is 0 Å². The predicted molar refractivity (Wildman–Crippen MR) is 117 cm³/mol. The fraction of sp³-hybridized carbons (Fsp3) is 0.190. The summed E-state index contributed by atoms with van der Waals surface area (Å²) in [5.74, 6) is 7.41. The minimum atomic E-state index is -0.0705. The van der Waals surface area contributed by atoms with Crippen LogP contribution in [-0.2, 0) is 0 Å². The summed E-state index contributed by atoms with van der Waals surface area (Å²) in [6.07, 6.45) is 2.04. The molecule has 4 heterocycles. The average molecular weight is 412 g/mol. The molecule has 0 fully saturated rings. The molecule has 4 rings (SSSR count). The molecular weight excluding hydrogens is 394 g/mol. The van der Waals surface area contributed by atoms with E-state index < -0.39 is 0 Å². The maximum Gasteiger partial charge on any atom is 0.140 e. The number of hydrogen-bond acceptors (Lipinski definition) is 4. The molecule has 4 aromatic rings. The van der Waals surface area contributed by atoms with Crippen LogP contribution in [0, 0.1) is 11.8 Å². The first kappa shape index (κ1) is 18.1. The lowest BCUT2D eigenvalue weighted by atomic mass is 10.1. The predicted octanol–water partition coefficient (Wildman–Crippen LogP) is 6.39. The summed E-state index contributed by atoms with van der Waals surface area (Å²) in [4.78, 5) is 7.92. The van der Waals surface area contributed by atoms with Crippen molar-refractivity contribution in [3.63, 3.8) is 0 Å². The molecule has 1 N–H and O–H groups in total. The van der Waals surface area contributed by atoms with E-state index in [1.807, 2.05) is 42.6 Å². The molecule has 3 nitrogen and oxygen atoms in total. The van der Waals surface area contributed by atoms with Crippen LogP contribution >= 0.6 is 34.3 Å². The van der Waals surface area contributed by atoms with Gasteiger partial charge in [-0.15, -0.1) is 22.7 Å². The van der Waals surface area contributed by atoms with Crippen LogP contribution in [0.1, 0.15) is 30.5 Å². The molecule has 0 radical (unpaired) electrons. The first-order valence-corrected chi connectivity index (χ1v) is 10.5. The highest BCUT2D eigenvalue weighted by Gasteiger charge is 2.20. The van der Waals surface area contributed by atoms with Crippen molar-refractivity contribution in [3.05, 3.63) is 62.8 Å². The lowest BCUT2D eigenvalue weighted by Gasteiger charge is -2.22. The molecule has 0 unspecified atom stereocenters. The number of hydrogen-bond donors (Lipinski definition) is 1. The minimum Gasteiger partial charge on any atom is -0.365 e. The zero-order valence-corrected chi connectivity index (χ0v) is 17.6. The molecule has 0 aromatic carbocycles. The lowest BCUT2D eigenvalue weighted by Crippen LogP contribution is -2.27. The van der Waals surface area contributed by atoms with Gasteiger partial charge in [0.15, 0.2) is 0 Å². The highest BCUT2D eigenvalue weighted by molar-refractivity contribution is 7.17. The molecule has 0 aliphatic carbocycles. The normalized spacial score (nSPS) is 11.4. The summed E-state index contributed by atoms with van der Waals surface area (Å²) >= 11 is 9.11. The van der Waals surface area contributed by atoms with E-state index >= 15 is 0 Å². The fourth-order valence-electron chi connectivity index (χ4n) is 2.68. The Kier molecular flexibility index (Phi) is 4.73. The van der Waals surface area contributed by atoms with Gasteiger partial charge in [0.1, 0.15) is 17.2 Å². The van der Waals surface area contributed by atoms with Gasteiger partial charge >= 0.3 is 0 Å². The van der Waals surface area contributed by atoms with E-state index in [0.29, 0.717) is 0 Å². The van der Waals surface area contributed by atoms with Gasteiger partial charge in [0.05, 0.1) is 19.0 Å². The van der Waals surface area contributed by atoms with Crippen molar-refractivity contribution in [2.45, 2.75) is 26.3 Å². The van der Waals surface area contributed by atoms with E-state index in [1.54, 1.807) is 11.3 Å². The maximum atomic E-state index is 5.97. The Morgan fingerprint density at radius 2 is 1.74 bits per heavy atom. The first-order valence-electron chi connectivity index (χ1n) is 8.52. The van der Waals surface area contributed by atoms with Gasteiger partial charge < -0.3 is 5.32 Å². The summed E-state index contributed by atoms with van der Waals surface area (Å²) in [6.45, 7) is 6.45. The van der Waals surface area contributed by atoms with Crippen molar-refractivity contribution in [3.8, 4) is 22.4 Å². The molecule has 0 atom stereocenters. The van der Waals surface area contributed by atoms with Crippen molar-refractivity contribution >= 4 is 45.7 Å². The largest absolute Gasteiger partial charge is 0.365 e. The monoisotopic (exact) mass is 411 g/mol. The molecular formula is C21H18ClN3S2. The van der Waals surface area contributed by atoms with Crippen molar-refractivity contribution in [1.82, 2.24) is 9.38 Å². The number of rotatable bonds is 2. The summed E-state index contributed by atoms with van der Waals surface area (Å²) in [7, 11) is 0. The Bertz CT molecular complexity index is 1170. The fourth-order valence-corrected chi connectivity index (χ4v) is 4.43. The van der Waals surface area contributed by atoms with E-state index in [2.05, 4.69) is 48.4 Å². The Morgan fingerprint density at radius 1 is 1.00 bits per heavy atom. The average Bonchev–Trinajstić information content (AvgIpc) is 3.31. The lowest BCUT2D eigenvalue weighted by molar-refractivity contribution is 0.630. The number of fused-ring (bicyclic) bond motifs is 1. The van der Waals surface area contributed by atoms with Crippen LogP contribution in [0.4, 0.5) is 5.82 Å². The number of pyridine rings is 1. The number of anilines is 1.